The van der Waals surface area contributed by atoms with E-state index in [0.717, 1.165) is 24.2 Å². The van der Waals surface area contributed by atoms with Crippen LogP contribution in [-0.4, -0.2) is 49.4 Å². The van der Waals surface area contributed by atoms with Gasteiger partial charge in [-0.3, -0.25) is 9.69 Å². The van der Waals surface area contributed by atoms with Crippen LogP contribution in [0.15, 0.2) is 48.5 Å². The lowest BCUT2D eigenvalue weighted by atomic mass is 10.0. The fraction of sp³-hybridized carbons (Fsp3) is 0.364. The van der Waals surface area contributed by atoms with E-state index in [4.69, 9.17) is 10.00 Å². The molecule has 0 spiro atoms. The third kappa shape index (κ3) is 6.57. The topological polar surface area (TPSA) is 65.4 Å². The first kappa shape index (κ1) is 21.3. The number of ether oxygens (including phenoxy) is 1. The van der Waals surface area contributed by atoms with Gasteiger partial charge in [0.2, 0.25) is 5.91 Å². The van der Waals surface area contributed by atoms with Crippen molar-refractivity contribution in [2.75, 3.05) is 38.6 Å². The van der Waals surface area contributed by atoms with E-state index in [1.807, 2.05) is 18.2 Å². The molecule has 0 bridgehead atoms. The van der Waals surface area contributed by atoms with Crippen LogP contribution < -0.4 is 5.32 Å². The number of nitrogens with zero attached hydrogens (tertiary/aromatic N) is 2. The van der Waals surface area contributed by atoms with Gasteiger partial charge in [-0.25, -0.2) is 4.39 Å². The zero-order chi connectivity index (χ0) is 20.5. The summed E-state index contributed by atoms with van der Waals surface area (Å²) in [7, 11) is 0. The molecule has 1 N–H and O–H groups in total. The van der Waals surface area contributed by atoms with Crippen molar-refractivity contribution in [1.29, 1.82) is 5.26 Å². The molecule has 152 valence electrons. The van der Waals surface area contributed by atoms with Crippen molar-refractivity contribution in [1.82, 2.24) is 10.2 Å². The maximum Gasteiger partial charge on any atom is 0.230 e. The largest absolute Gasteiger partial charge is 0.379 e. The molecule has 7 heteroatoms. The fourth-order valence-corrected chi connectivity index (χ4v) is 4.08. The monoisotopic (exact) mass is 413 g/mol. The van der Waals surface area contributed by atoms with E-state index in [9.17, 15) is 9.18 Å². The molecule has 1 atom stereocenters. The van der Waals surface area contributed by atoms with Crippen molar-refractivity contribution in [3.05, 3.63) is 71.0 Å². The molecule has 1 fully saturated rings. The Morgan fingerprint density at radius 2 is 2.00 bits per heavy atom. The molecule has 0 radical (unpaired) electrons. The molecule has 29 heavy (non-hydrogen) atoms. The summed E-state index contributed by atoms with van der Waals surface area (Å²) in [6, 6.07) is 15.9. The minimum atomic E-state index is -0.273. The number of thioether (sulfide) groups is 1. The quantitative estimate of drug-likeness (QED) is 0.720. The van der Waals surface area contributed by atoms with Crippen LogP contribution in [0.5, 0.6) is 0 Å². The highest BCUT2D eigenvalue weighted by Crippen LogP contribution is 2.22. The van der Waals surface area contributed by atoms with Crippen LogP contribution in [-0.2, 0) is 15.3 Å². The van der Waals surface area contributed by atoms with E-state index in [0.29, 0.717) is 36.8 Å². The van der Waals surface area contributed by atoms with Gasteiger partial charge in [0.25, 0.3) is 0 Å². The molecule has 1 aliphatic heterocycles. The predicted molar refractivity (Wildman–Crippen MR) is 112 cm³/mol. The summed E-state index contributed by atoms with van der Waals surface area (Å²) in [4.78, 5) is 14.6. The van der Waals surface area contributed by atoms with Crippen molar-refractivity contribution >= 4 is 17.7 Å². The molecule has 1 unspecified atom stereocenters. The van der Waals surface area contributed by atoms with E-state index in [2.05, 4.69) is 16.3 Å². The Morgan fingerprint density at radius 1 is 1.24 bits per heavy atom. The average Bonchev–Trinajstić information content (AvgIpc) is 2.75. The summed E-state index contributed by atoms with van der Waals surface area (Å²) in [5.41, 5.74) is 2.56. The minimum Gasteiger partial charge on any atom is -0.379 e. The molecular weight excluding hydrogens is 389 g/mol. The zero-order valence-electron chi connectivity index (χ0n) is 16.1. The van der Waals surface area contributed by atoms with Crippen LogP contribution >= 0.6 is 11.8 Å². The SMILES string of the molecule is N#Cc1ccc(CSCC(=O)NCC(c2cccc(F)c2)N2CCOCC2)cc1. The lowest BCUT2D eigenvalue weighted by Gasteiger charge is -2.35. The van der Waals surface area contributed by atoms with Gasteiger partial charge >= 0.3 is 0 Å². The second-order valence-corrected chi connectivity index (χ2v) is 7.81. The van der Waals surface area contributed by atoms with Gasteiger partial charge in [0, 0.05) is 25.4 Å². The third-order valence-electron chi connectivity index (χ3n) is 4.80. The number of nitrogens with one attached hydrogen (secondary N) is 1. The zero-order valence-corrected chi connectivity index (χ0v) is 17.0. The Hall–Kier alpha value is -2.40. The summed E-state index contributed by atoms with van der Waals surface area (Å²) in [5.74, 6) is 0.734. The molecule has 2 aromatic rings. The number of hydrogen-bond donors (Lipinski definition) is 1. The Kier molecular flexibility index (Phi) is 8.05. The summed E-state index contributed by atoms with van der Waals surface area (Å²) < 4.78 is 19.1. The molecule has 2 aromatic carbocycles. The number of carbonyl (C=O) groups is 1. The van der Waals surface area contributed by atoms with E-state index < -0.39 is 0 Å². The van der Waals surface area contributed by atoms with Gasteiger partial charge in [0.15, 0.2) is 0 Å². The van der Waals surface area contributed by atoms with Gasteiger partial charge in [-0.15, -0.1) is 11.8 Å². The molecular formula is C22H24FN3O2S. The number of carbonyl (C=O) groups excluding carboxylic acids is 1. The number of amides is 1. The Bertz CT molecular complexity index is 848. The lowest BCUT2D eigenvalue weighted by Crippen LogP contribution is -2.44. The fourth-order valence-electron chi connectivity index (χ4n) is 3.26. The highest BCUT2D eigenvalue weighted by molar-refractivity contribution is 7.99. The van der Waals surface area contributed by atoms with Crippen LogP contribution in [0.4, 0.5) is 4.39 Å². The molecule has 3 rings (SSSR count). The van der Waals surface area contributed by atoms with E-state index >= 15 is 0 Å². The lowest BCUT2D eigenvalue weighted by molar-refractivity contribution is -0.118. The van der Waals surface area contributed by atoms with Gasteiger partial charge in [0.05, 0.1) is 36.6 Å². The Balaban J connectivity index is 1.51. The second-order valence-electron chi connectivity index (χ2n) is 6.82. The maximum atomic E-state index is 13.7. The Labute approximate surface area is 174 Å². The molecule has 1 amide bonds. The first-order chi connectivity index (χ1) is 14.2. The smallest absolute Gasteiger partial charge is 0.230 e. The maximum absolute atomic E-state index is 13.7. The Morgan fingerprint density at radius 3 is 2.69 bits per heavy atom. The third-order valence-corrected chi connectivity index (χ3v) is 5.80. The molecule has 0 saturated carbocycles. The number of nitriles is 1. The van der Waals surface area contributed by atoms with Gasteiger partial charge in [-0.2, -0.15) is 5.26 Å². The van der Waals surface area contributed by atoms with Crippen LogP contribution in [0.1, 0.15) is 22.7 Å². The van der Waals surface area contributed by atoms with Crippen molar-refractivity contribution < 1.29 is 13.9 Å². The first-order valence-corrected chi connectivity index (χ1v) is 10.7. The molecule has 1 aliphatic rings. The van der Waals surface area contributed by atoms with Crippen LogP contribution in [0, 0.1) is 17.1 Å². The number of rotatable bonds is 8. The van der Waals surface area contributed by atoms with Crippen molar-refractivity contribution in [3.8, 4) is 6.07 Å². The molecule has 0 aromatic heterocycles. The number of halogens is 1. The first-order valence-electron chi connectivity index (χ1n) is 9.56. The number of benzene rings is 2. The molecule has 0 aliphatic carbocycles. The number of morpholine rings is 1. The summed E-state index contributed by atoms with van der Waals surface area (Å²) >= 11 is 1.52. The predicted octanol–water partition coefficient (Wildman–Crippen LogP) is 3.12. The van der Waals surface area contributed by atoms with Gasteiger partial charge < -0.3 is 10.1 Å². The number of hydrogen-bond acceptors (Lipinski definition) is 5. The van der Waals surface area contributed by atoms with E-state index in [1.165, 1.54) is 23.9 Å². The normalized spacial score (nSPS) is 15.4. The average molecular weight is 414 g/mol. The van der Waals surface area contributed by atoms with E-state index in [-0.39, 0.29) is 17.8 Å². The van der Waals surface area contributed by atoms with Crippen LogP contribution in [0.2, 0.25) is 0 Å². The summed E-state index contributed by atoms with van der Waals surface area (Å²) in [6.45, 7) is 3.22. The van der Waals surface area contributed by atoms with Gasteiger partial charge in [-0.1, -0.05) is 24.3 Å². The summed E-state index contributed by atoms with van der Waals surface area (Å²) in [6.07, 6.45) is 0. The summed E-state index contributed by atoms with van der Waals surface area (Å²) in [5, 5.41) is 11.8. The second kappa shape index (κ2) is 11.0. The van der Waals surface area contributed by atoms with Gasteiger partial charge in [0.1, 0.15) is 5.82 Å². The van der Waals surface area contributed by atoms with Crippen molar-refractivity contribution in [2.24, 2.45) is 0 Å². The molecule has 1 heterocycles. The van der Waals surface area contributed by atoms with Crippen LogP contribution in [0.25, 0.3) is 0 Å². The van der Waals surface area contributed by atoms with Gasteiger partial charge in [-0.05, 0) is 35.4 Å². The van der Waals surface area contributed by atoms with Crippen molar-refractivity contribution in [3.63, 3.8) is 0 Å². The van der Waals surface area contributed by atoms with E-state index in [1.54, 1.807) is 18.2 Å². The standard InChI is InChI=1S/C22H24FN3O2S/c23-20-3-1-2-19(12-20)21(26-8-10-28-11-9-26)14-25-22(27)16-29-15-18-6-4-17(13-24)5-7-18/h1-7,12,21H,8-11,14-16H2,(H,25,27). The minimum absolute atomic E-state index is 0.0432. The van der Waals surface area contributed by atoms with Crippen molar-refractivity contribution in [2.45, 2.75) is 11.8 Å². The van der Waals surface area contributed by atoms with Crippen LogP contribution in [0.3, 0.4) is 0 Å². The molecule has 1 saturated heterocycles. The highest BCUT2D eigenvalue weighted by Gasteiger charge is 2.23. The highest BCUT2D eigenvalue weighted by atomic mass is 32.2. The molecule has 5 nitrogen and oxygen atoms in total.